The minimum absolute atomic E-state index is 0.393. The van der Waals surface area contributed by atoms with Crippen LogP contribution in [-0.2, 0) is 0 Å². The number of anilines is 1. The second kappa shape index (κ2) is 5.61. The number of rotatable bonds is 3. The summed E-state index contributed by atoms with van der Waals surface area (Å²) < 4.78 is 0. The number of aromatic carboxylic acids is 1. The Hall–Kier alpha value is -1.55. The summed E-state index contributed by atoms with van der Waals surface area (Å²) in [5.41, 5.74) is 2.35. The predicted molar refractivity (Wildman–Crippen MR) is 77.1 cm³/mol. The van der Waals surface area contributed by atoms with Crippen molar-refractivity contribution in [2.75, 3.05) is 31.1 Å². The Morgan fingerprint density at radius 2 is 2.16 bits per heavy atom. The minimum atomic E-state index is -0.853. The summed E-state index contributed by atoms with van der Waals surface area (Å²) in [6.07, 6.45) is 0. The summed E-state index contributed by atoms with van der Waals surface area (Å²) in [5.74, 6) is -0.853. The van der Waals surface area contributed by atoms with Gasteiger partial charge in [0.1, 0.15) is 0 Å². The third-order valence-corrected chi connectivity index (χ3v) is 3.98. The molecule has 0 aromatic heterocycles. The molecule has 1 aromatic carbocycles. The van der Waals surface area contributed by atoms with Crippen molar-refractivity contribution in [3.05, 3.63) is 29.3 Å². The monoisotopic (exact) mass is 262 g/mol. The van der Waals surface area contributed by atoms with Gasteiger partial charge in [-0.25, -0.2) is 4.79 Å². The fraction of sp³-hybridized carbons (Fsp3) is 0.533. The highest BCUT2D eigenvalue weighted by Crippen LogP contribution is 2.22. The van der Waals surface area contributed by atoms with Crippen LogP contribution in [0.25, 0.3) is 0 Å². The van der Waals surface area contributed by atoms with E-state index < -0.39 is 5.97 Å². The van der Waals surface area contributed by atoms with Crippen molar-refractivity contribution >= 4 is 11.7 Å². The van der Waals surface area contributed by atoms with E-state index in [-0.39, 0.29) is 0 Å². The molecule has 1 N–H and O–H groups in total. The number of hydrogen-bond donors (Lipinski definition) is 1. The van der Waals surface area contributed by atoms with Crippen LogP contribution < -0.4 is 4.90 Å². The smallest absolute Gasteiger partial charge is 0.335 e. The number of carboxylic acid groups (broad SMARTS) is 1. The molecule has 1 fully saturated rings. The predicted octanol–water partition coefficient (Wildman–Crippen LogP) is 2.22. The maximum Gasteiger partial charge on any atom is 0.335 e. The van der Waals surface area contributed by atoms with E-state index in [1.807, 2.05) is 19.1 Å². The van der Waals surface area contributed by atoms with Gasteiger partial charge in [-0.15, -0.1) is 0 Å². The molecule has 4 nitrogen and oxygen atoms in total. The molecule has 104 valence electrons. The molecule has 19 heavy (non-hydrogen) atoms. The van der Waals surface area contributed by atoms with Gasteiger partial charge in [0.15, 0.2) is 0 Å². The van der Waals surface area contributed by atoms with Crippen molar-refractivity contribution < 1.29 is 9.90 Å². The second-order valence-electron chi connectivity index (χ2n) is 5.23. The Morgan fingerprint density at radius 3 is 2.68 bits per heavy atom. The lowest BCUT2D eigenvalue weighted by Crippen LogP contribution is -2.51. The number of nitrogens with zero attached hydrogens (tertiary/aromatic N) is 2. The number of piperazine rings is 1. The Labute approximate surface area is 114 Å². The molecule has 1 atom stereocenters. The zero-order chi connectivity index (χ0) is 14.0. The highest BCUT2D eigenvalue weighted by atomic mass is 16.4. The third-order valence-electron chi connectivity index (χ3n) is 3.98. The topological polar surface area (TPSA) is 43.8 Å². The van der Waals surface area contributed by atoms with Gasteiger partial charge in [0.25, 0.3) is 0 Å². The molecule has 0 radical (unpaired) electrons. The number of carboxylic acids is 1. The lowest BCUT2D eigenvalue weighted by atomic mass is 10.1. The molecule has 1 aliphatic rings. The average Bonchev–Trinajstić information content (AvgIpc) is 2.38. The fourth-order valence-electron chi connectivity index (χ4n) is 2.78. The van der Waals surface area contributed by atoms with E-state index in [1.165, 1.54) is 0 Å². The SMILES string of the molecule is CCN1CCN(c2ccc(C(=O)O)c(C)c2)CC1C. The summed E-state index contributed by atoms with van der Waals surface area (Å²) in [7, 11) is 0. The molecule has 1 heterocycles. The van der Waals surface area contributed by atoms with Crippen LogP contribution in [0.4, 0.5) is 5.69 Å². The van der Waals surface area contributed by atoms with E-state index in [2.05, 4.69) is 23.6 Å². The van der Waals surface area contributed by atoms with Crippen molar-refractivity contribution in [2.24, 2.45) is 0 Å². The van der Waals surface area contributed by atoms with Crippen LogP contribution in [0.15, 0.2) is 18.2 Å². The van der Waals surface area contributed by atoms with Gasteiger partial charge in [0.05, 0.1) is 5.56 Å². The van der Waals surface area contributed by atoms with Crippen LogP contribution in [0, 0.1) is 6.92 Å². The molecule has 0 bridgehead atoms. The van der Waals surface area contributed by atoms with Gasteiger partial charge in [-0.05, 0) is 44.2 Å². The molecule has 0 spiro atoms. The second-order valence-corrected chi connectivity index (χ2v) is 5.23. The molecule has 2 rings (SSSR count). The number of aryl methyl sites for hydroxylation is 1. The molecule has 4 heteroatoms. The summed E-state index contributed by atoms with van der Waals surface area (Å²) in [6.45, 7) is 10.5. The number of carbonyl (C=O) groups is 1. The van der Waals surface area contributed by atoms with Gasteiger partial charge in [0.2, 0.25) is 0 Å². The Bertz CT molecular complexity index is 473. The first-order valence-electron chi connectivity index (χ1n) is 6.86. The molecular weight excluding hydrogens is 240 g/mol. The largest absolute Gasteiger partial charge is 0.478 e. The summed E-state index contributed by atoms with van der Waals surface area (Å²) in [5, 5.41) is 9.06. The molecular formula is C15H22N2O2. The highest BCUT2D eigenvalue weighted by Gasteiger charge is 2.22. The van der Waals surface area contributed by atoms with Gasteiger partial charge < -0.3 is 10.0 Å². The van der Waals surface area contributed by atoms with E-state index in [9.17, 15) is 4.79 Å². The van der Waals surface area contributed by atoms with E-state index in [0.717, 1.165) is 37.4 Å². The van der Waals surface area contributed by atoms with Crippen molar-refractivity contribution in [3.8, 4) is 0 Å². The molecule has 1 aliphatic heterocycles. The summed E-state index contributed by atoms with van der Waals surface area (Å²) in [4.78, 5) is 15.8. The Kier molecular flexibility index (Phi) is 4.10. The summed E-state index contributed by atoms with van der Waals surface area (Å²) in [6, 6.07) is 6.16. The standard InChI is InChI=1S/C15H22N2O2/c1-4-16-7-8-17(10-12(16)3)13-5-6-14(15(18)19)11(2)9-13/h5-6,9,12H,4,7-8,10H2,1-3H3,(H,18,19). The summed E-state index contributed by atoms with van der Waals surface area (Å²) >= 11 is 0. The van der Waals surface area contributed by atoms with Crippen molar-refractivity contribution in [3.63, 3.8) is 0 Å². The van der Waals surface area contributed by atoms with Crippen LogP contribution >= 0.6 is 0 Å². The minimum Gasteiger partial charge on any atom is -0.478 e. The van der Waals surface area contributed by atoms with Crippen molar-refractivity contribution in [1.82, 2.24) is 4.90 Å². The van der Waals surface area contributed by atoms with E-state index >= 15 is 0 Å². The lowest BCUT2D eigenvalue weighted by Gasteiger charge is -2.40. The number of likely N-dealkylation sites (N-methyl/N-ethyl adjacent to an activating group) is 1. The quantitative estimate of drug-likeness (QED) is 0.907. The fourth-order valence-corrected chi connectivity index (χ4v) is 2.78. The van der Waals surface area contributed by atoms with Crippen LogP contribution in [0.3, 0.4) is 0 Å². The maximum absolute atomic E-state index is 11.0. The molecule has 0 saturated carbocycles. The van der Waals surface area contributed by atoms with Gasteiger partial charge in [-0.1, -0.05) is 6.92 Å². The Balaban J connectivity index is 2.15. The molecule has 1 saturated heterocycles. The third kappa shape index (κ3) is 2.89. The molecule has 0 amide bonds. The molecule has 0 aliphatic carbocycles. The zero-order valence-electron chi connectivity index (χ0n) is 11.9. The highest BCUT2D eigenvalue weighted by molar-refractivity contribution is 5.89. The Morgan fingerprint density at radius 1 is 1.42 bits per heavy atom. The first-order valence-corrected chi connectivity index (χ1v) is 6.86. The molecule has 1 aromatic rings. The van der Waals surface area contributed by atoms with Gasteiger partial charge in [0, 0.05) is 31.4 Å². The van der Waals surface area contributed by atoms with Crippen molar-refractivity contribution in [1.29, 1.82) is 0 Å². The van der Waals surface area contributed by atoms with Crippen LogP contribution in [-0.4, -0.2) is 48.2 Å². The van der Waals surface area contributed by atoms with Gasteiger partial charge >= 0.3 is 5.97 Å². The first kappa shape index (κ1) is 13.9. The molecule has 1 unspecified atom stereocenters. The number of benzene rings is 1. The zero-order valence-corrected chi connectivity index (χ0v) is 11.9. The van der Waals surface area contributed by atoms with E-state index in [4.69, 9.17) is 5.11 Å². The van der Waals surface area contributed by atoms with Crippen LogP contribution in [0.5, 0.6) is 0 Å². The van der Waals surface area contributed by atoms with Gasteiger partial charge in [-0.2, -0.15) is 0 Å². The van der Waals surface area contributed by atoms with E-state index in [0.29, 0.717) is 11.6 Å². The number of hydrogen-bond acceptors (Lipinski definition) is 3. The average molecular weight is 262 g/mol. The van der Waals surface area contributed by atoms with Gasteiger partial charge in [-0.3, -0.25) is 4.90 Å². The van der Waals surface area contributed by atoms with Crippen molar-refractivity contribution in [2.45, 2.75) is 26.8 Å². The maximum atomic E-state index is 11.0. The van der Waals surface area contributed by atoms with Crippen LogP contribution in [0.2, 0.25) is 0 Å². The lowest BCUT2D eigenvalue weighted by molar-refractivity contribution is 0.0696. The van der Waals surface area contributed by atoms with E-state index in [1.54, 1.807) is 6.07 Å². The van der Waals surface area contributed by atoms with Crippen LogP contribution in [0.1, 0.15) is 29.8 Å². The normalized spacial score (nSPS) is 20.6. The first-order chi connectivity index (χ1) is 9.02.